The van der Waals surface area contributed by atoms with E-state index in [0.29, 0.717) is 22.9 Å². The molecule has 2 amide bonds. The molecule has 0 bridgehead atoms. The number of rotatable bonds is 6. The number of amides is 2. The van der Waals surface area contributed by atoms with Crippen LogP contribution in [-0.4, -0.2) is 46.4 Å². The second-order valence-electron chi connectivity index (χ2n) is 7.41. The number of anilines is 1. The van der Waals surface area contributed by atoms with Crippen LogP contribution in [0.5, 0.6) is 0 Å². The Kier molecular flexibility index (Phi) is 5.02. The number of aromatic nitrogens is 2. The van der Waals surface area contributed by atoms with Crippen molar-refractivity contribution in [1.29, 1.82) is 0 Å². The normalized spacial score (nSPS) is 20.5. The Morgan fingerprint density at radius 2 is 1.96 bits per heavy atom. The smallest absolute Gasteiger partial charge is 0.254 e. The molecule has 2 aliphatic rings. The number of carbonyl (C=O) groups is 2. The number of benzene rings is 1. The van der Waals surface area contributed by atoms with Crippen molar-refractivity contribution in [3.05, 3.63) is 52.3 Å². The molecule has 1 heterocycles. The molecule has 28 heavy (non-hydrogen) atoms. The van der Waals surface area contributed by atoms with Gasteiger partial charge in [-0.25, -0.2) is 14.4 Å². The molecule has 146 valence electrons. The van der Waals surface area contributed by atoms with Gasteiger partial charge in [0.15, 0.2) is 0 Å². The van der Waals surface area contributed by atoms with Gasteiger partial charge in [0.25, 0.3) is 5.91 Å². The van der Waals surface area contributed by atoms with Crippen molar-refractivity contribution in [3.63, 3.8) is 0 Å². The predicted octanol–water partition coefficient (Wildman–Crippen LogP) is 3.54. The molecule has 1 aromatic carbocycles. The molecule has 0 spiro atoms. The van der Waals surface area contributed by atoms with E-state index in [9.17, 15) is 14.0 Å². The van der Waals surface area contributed by atoms with Crippen molar-refractivity contribution < 1.29 is 14.0 Å². The minimum absolute atomic E-state index is 0.114. The largest absolute Gasteiger partial charge is 0.332 e. The molecule has 6 nitrogen and oxygen atoms in total. The van der Waals surface area contributed by atoms with Crippen molar-refractivity contribution in [1.82, 2.24) is 14.9 Å². The van der Waals surface area contributed by atoms with E-state index in [1.165, 1.54) is 22.9 Å². The maximum Gasteiger partial charge on any atom is 0.254 e. The van der Waals surface area contributed by atoms with Crippen LogP contribution >= 0.6 is 11.6 Å². The Labute approximate surface area is 167 Å². The molecule has 1 aromatic heterocycles. The van der Waals surface area contributed by atoms with Gasteiger partial charge in [-0.15, -0.1) is 0 Å². The average Bonchev–Trinajstić information content (AvgIpc) is 3.59. The monoisotopic (exact) mass is 402 g/mol. The summed E-state index contributed by atoms with van der Waals surface area (Å²) in [6.45, 7) is -0.168. The van der Waals surface area contributed by atoms with Crippen LogP contribution in [0.1, 0.15) is 52.6 Å². The van der Waals surface area contributed by atoms with Gasteiger partial charge in [0.2, 0.25) is 11.9 Å². The van der Waals surface area contributed by atoms with Gasteiger partial charge in [0.05, 0.1) is 24.0 Å². The van der Waals surface area contributed by atoms with Crippen LogP contribution in [0.2, 0.25) is 5.02 Å². The summed E-state index contributed by atoms with van der Waals surface area (Å²) in [6, 6.07) is 5.69. The van der Waals surface area contributed by atoms with E-state index < -0.39 is 12.1 Å². The van der Waals surface area contributed by atoms with E-state index in [4.69, 9.17) is 11.6 Å². The molecule has 2 aliphatic carbocycles. The number of carbonyl (C=O) groups excluding carboxylic acids is 2. The zero-order valence-corrected chi connectivity index (χ0v) is 16.1. The van der Waals surface area contributed by atoms with Gasteiger partial charge in [-0.05, 0) is 42.4 Å². The molecule has 8 heteroatoms. The number of nitrogens with zero attached hydrogens (tertiary/aromatic N) is 3. The summed E-state index contributed by atoms with van der Waals surface area (Å²) in [7, 11) is 1.54. The highest BCUT2D eigenvalue weighted by molar-refractivity contribution is 6.30. The maximum absolute atomic E-state index is 13.7. The highest BCUT2D eigenvalue weighted by Gasteiger charge is 2.41. The molecular formula is C20H20ClFN4O2. The molecule has 1 N–H and O–H groups in total. The Morgan fingerprint density at radius 3 is 2.57 bits per heavy atom. The third kappa shape index (κ3) is 4.14. The summed E-state index contributed by atoms with van der Waals surface area (Å²) < 4.78 is 13.7. The van der Waals surface area contributed by atoms with Crippen LogP contribution in [0.3, 0.4) is 0 Å². The van der Waals surface area contributed by atoms with E-state index in [1.54, 1.807) is 13.1 Å². The van der Waals surface area contributed by atoms with Gasteiger partial charge in [-0.3, -0.25) is 14.9 Å². The third-order valence-electron chi connectivity index (χ3n) is 5.07. The summed E-state index contributed by atoms with van der Waals surface area (Å²) in [5.41, 5.74) is 2.40. The second kappa shape index (κ2) is 7.47. The number of nitrogens with one attached hydrogen (secondary N) is 1. The van der Waals surface area contributed by atoms with Gasteiger partial charge >= 0.3 is 0 Å². The number of likely N-dealkylation sites (N-methyl/N-ethyl adjacent to an activating group) is 1. The molecule has 0 radical (unpaired) electrons. The minimum atomic E-state index is -0.892. The zero-order valence-electron chi connectivity index (χ0n) is 15.4. The van der Waals surface area contributed by atoms with E-state index in [1.807, 2.05) is 12.1 Å². The highest BCUT2D eigenvalue weighted by atomic mass is 35.5. The van der Waals surface area contributed by atoms with Crippen LogP contribution < -0.4 is 5.32 Å². The Bertz CT molecular complexity index is 917. The van der Waals surface area contributed by atoms with Crippen LogP contribution in [0.15, 0.2) is 30.6 Å². The number of hydrogen-bond donors (Lipinski definition) is 1. The summed E-state index contributed by atoms with van der Waals surface area (Å²) in [6.07, 6.45) is 4.58. The molecule has 0 aliphatic heterocycles. The predicted molar refractivity (Wildman–Crippen MR) is 103 cm³/mol. The summed E-state index contributed by atoms with van der Waals surface area (Å²) >= 11 is 5.71. The highest BCUT2D eigenvalue weighted by Crippen LogP contribution is 2.47. The molecule has 2 unspecified atom stereocenters. The van der Waals surface area contributed by atoms with Crippen LogP contribution in [-0.2, 0) is 4.79 Å². The zero-order chi connectivity index (χ0) is 19.8. The van der Waals surface area contributed by atoms with Crippen LogP contribution in [0, 0.1) is 0 Å². The Balaban J connectivity index is 1.45. The Hall–Kier alpha value is -2.54. The lowest BCUT2D eigenvalue weighted by atomic mass is 9.97. The van der Waals surface area contributed by atoms with Crippen molar-refractivity contribution >= 4 is 29.4 Å². The van der Waals surface area contributed by atoms with Crippen molar-refractivity contribution in [2.75, 3.05) is 18.9 Å². The van der Waals surface area contributed by atoms with Gasteiger partial charge in [0, 0.05) is 18.5 Å². The Morgan fingerprint density at radius 1 is 1.29 bits per heavy atom. The summed E-state index contributed by atoms with van der Waals surface area (Å²) in [4.78, 5) is 34.2. The fraction of sp³-hybridized carbons (Fsp3) is 0.400. The molecule has 4 rings (SSSR count). The standard InChI is InChI=1S/C20H20ClFN4O2/c1-26(10-18(27)25-20-23-8-13(21)9-24-20)19(28)14-5-4-12(11-2-3-11)6-15(14)16-7-17(16)22/h4-6,8-9,11,16-17H,2-3,7,10H2,1H3,(H,23,24,25,27). The van der Waals surface area contributed by atoms with Gasteiger partial charge in [0.1, 0.15) is 6.17 Å². The van der Waals surface area contributed by atoms with Crippen LogP contribution in [0.4, 0.5) is 10.3 Å². The number of hydrogen-bond acceptors (Lipinski definition) is 4. The van der Waals surface area contributed by atoms with Crippen LogP contribution in [0.25, 0.3) is 0 Å². The van der Waals surface area contributed by atoms with Crippen molar-refractivity contribution in [2.24, 2.45) is 0 Å². The maximum atomic E-state index is 13.7. The average molecular weight is 403 g/mol. The summed E-state index contributed by atoms with van der Waals surface area (Å²) in [5.74, 6) is -0.305. The van der Waals surface area contributed by atoms with Gasteiger partial charge < -0.3 is 4.90 Å². The topological polar surface area (TPSA) is 75.2 Å². The quantitative estimate of drug-likeness (QED) is 0.801. The molecule has 2 aromatic rings. The van der Waals surface area contributed by atoms with Crippen molar-refractivity contribution in [3.8, 4) is 0 Å². The van der Waals surface area contributed by atoms with E-state index >= 15 is 0 Å². The number of halogens is 2. The summed E-state index contributed by atoms with van der Waals surface area (Å²) in [5, 5.41) is 2.88. The third-order valence-corrected chi connectivity index (χ3v) is 5.26. The number of alkyl halides is 1. The van der Waals surface area contributed by atoms with Gasteiger partial charge in [-0.1, -0.05) is 23.7 Å². The fourth-order valence-corrected chi connectivity index (χ4v) is 3.37. The molecule has 2 saturated carbocycles. The fourth-order valence-electron chi connectivity index (χ4n) is 3.27. The lowest BCUT2D eigenvalue weighted by Crippen LogP contribution is -2.35. The first-order chi connectivity index (χ1) is 13.4. The first kappa shape index (κ1) is 18.8. The molecule has 2 atom stereocenters. The van der Waals surface area contributed by atoms with Gasteiger partial charge in [-0.2, -0.15) is 0 Å². The first-order valence-corrected chi connectivity index (χ1v) is 9.61. The van der Waals surface area contributed by atoms with E-state index in [0.717, 1.165) is 18.4 Å². The molecule has 2 fully saturated rings. The SMILES string of the molecule is CN(CC(=O)Nc1ncc(Cl)cn1)C(=O)c1ccc(C2CC2)cc1C1CC1F. The molecular weight excluding hydrogens is 383 g/mol. The second-order valence-corrected chi connectivity index (χ2v) is 7.85. The van der Waals surface area contributed by atoms with Crippen molar-refractivity contribution in [2.45, 2.75) is 37.3 Å². The van der Waals surface area contributed by atoms with E-state index in [-0.39, 0.29) is 24.3 Å². The molecule has 0 saturated heterocycles. The van der Waals surface area contributed by atoms with E-state index in [2.05, 4.69) is 15.3 Å². The lowest BCUT2D eigenvalue weighted by Gasteiger charge is -2.19. The first-order valence-electron chi connectivity index (χ1n) is 9.23. The lowest BCUT2D eigenvalue weighted by molar-refractivity contribution is -0.116. The minimum Gasteiger partial charge on any atom is -0.332 e.